The maximum Gasteiger partial charge on any atom is 0.336 e. The first kappa shape index (κ1) is 17.6. The van der Waals surface area contributed by atoms with Crippen LogP contribution in [0.2, 0.25) is 5.02 Å². The third-order valence-corrected chi connectivity index (χ3v) is 5.33. The minimum atomic E-state index is -0.647. The summed E-state index contributed by atoms with van der Waals surface area (Å²) < 4.78 is 29.7. The number of aromatic nitrogens is 2. The van der Waals surface area contributed by atoms with Gasteiger partial charge in [0.1, 0.15) is 16.3 Å². The lowest BCUT2D eigenvalue weighted by Crippen LogP contribution is -2.38. The minimum absolute atomic E-state index is 0.0824. The van der Waals surface area contributed by atoms with Gasteiger partial charge in [0.05, 0.1) is 22.8 Å². The smallest absolute Gasteiger partial charge is 0.288 e. The number of rotatable bonds is 3. The molecule has 0 spiro atoms. The number of thiophene rings is 1. The zero-order valence-electron chi connectivity index (χ0n) is 13.7. The number of halogens is 3. The van der Waals surface area contributed by atoms with E-state index >= 15 is 0 Å². The molecular weight excluding hydrogens is 394 g/mol. The van der Waals surface area contributed by atoms with Crippen molar-refractivity contribution in [1.82, 2.24) is 9.13 Å². The van der Waals surface area contributed by atoms with Gasteiger partial charge < -0.3 is 0 Å². The summed E-state index contributed by atoms with van der Waals surface area (Å²) in [5.74, 6) is -1.06. The molecule has 0 radical (unpaired) electrons. The van der Waals surface area contributed by atoms with E-state index in [0.717, 1.165) is 10.6 Å². The molecule has 136 valence electrons. The molecule has 0 fully saturated rings. The van der Waals surface area contributed by atoms with Crippen LogP contribution in [0.1, 0.15) is 5.56 Å². The van der Waals surface area contributed by atoms with Crippen LogP contribution < -0.4 is 11.2 Å². The summed E-state index contributed by atoms with van der Waals surface area (Å²) in [4.78, 5) is 25.9. The average molecular weight is 405 g/mol. The number of nitrogens with zero attached hydrogens (tertiary/aromatic N) is 2. The van der Waals surface area contributed by atoms with E-state index in [-0.39, 0.29) is 17.3 Å². The molecule has 4 aromatic rings. The largest absolute Gasteiger partial charge is 0.336 e. The van der Waals surface area contributed by atoms with Gasteiger partial charge in [-0.05, 0) is 47.3 Å². The van der Waals surface area contributed by atoms with Crippen LogP contribution in [0, 0.1) is 11.6 Å². The fourth-order valence-electron chi connectivity index (χ4n) is 2.91. The maximum absolute atomic E-state index is 13.5. The van der Waals surface area contributed by atoms with Crippen molar-refractivity contribution >= 4 is 33.2 Å². The molecule has 2 aromatic carbocycles. The molecule has 2 aromatic heterocycles. The van der Waals surface area contributed by atoms with Crippen molar-refractivity contribution in [2.45, 2.75) is 6.54 Å². The van der Waals surface area contributed by atoms with Crippen molar-refractivity contribution in [2.24, 2.45) is 0 Å². The first-order valence-corrected chi connectivity index (χ1v) is 9.14. The van der Waals surface area contributed by atoms with Crippen LogP contribution in [0.3, 0.4) is 0 Å². The van der Waals surface area contributed by atoms with E-state index in [2.05, 4.69) is 0 Å². The molecular formula is C19H11ClF2N2O2S. The molecule has 0 N–H and O–H groups in total. The predicted octanol–water partition coefficient (Wildman–Crippen LogP) is 4.19. The number of benzene rings is 2. The Morgan fingerprint density at radius 2 is 1.85 bits per heavy atom. The highest BCUT2D eigenvalue weighted by atomic mass is 35.5. The van der Waals surface area contributed by atoms with Crippen molar-refractivity contribution in [3.05, 3.63) is 97.0 Å². The fourth-order valence-corrected chi connectivity index (χ4v) is 3.91. The van der Waals surface area contributed by atoms with E-state index in [1.165, 1.54) is 40.2 Å². The summed E-state index contributed by atoms with van der Waals surface area (Å²) in [7, 11) is 0. The SMILES string of the molecule is O=c1c2sccc2n(Cc2cccc(F)c2)c(=O)n1-c1ccc(F)c(Cl)c1. The van der Waals surface area contributed by atoms with Crippen LogP contribution in [0.5, 0.6) is 0 Å². The molecule has 4 rings (SSSR count). The number of hydrogen-bond acceptors (Lipinski definition) is 3. The van der Waals surface area contributed by atoms with Gasteiger partial charge in [0.25, 0.3) is 5.56 Å². The number of fused-ring (bicyclic) bond motifs is 1. The monoisotopic (exact) mass is 404 g/mol. The van der Waals surface area contributed by atoms with Crippen molar-refractivity contribution in [3.8, 4) is 5.69 Å². The average Bonchev–Trinajstić information content (AvgIpc) is 3.12. The van der Waals surface area contributed by atoms with Crippen molar-refractivity contribution < 1.29 is 8.78 Å². The molecule has 0 saturated heterocycles. The summed E-state index contributed by atoms with van der Waals surface area (Å²) in [5, 5.41) is 1.51. The standard InChI is InChI=1S/C19H11ClF2N2O2S/c20-14-9-13(4-5-15(14)22)24-18(25)17-16(6-7-27-17)23(19(24)26)10-11-2-1-3-12(21)8-11/h1-9H,10H2. The second-order valence-corrected chi connectivity index (χ2v) is 7.20. The van der Waals surface area contributed by atoms with Gasteiger partial charge in [-0.3, -0.25) is 9.36 Å². The lowest BCUT2D eigenvalue weighted by Gasteiger charge is -2.13. The molecule has 27 heavy (non-hydrogen) atoms. The van der Waals surface area contributed by atoms with Crippen LogP contribution in [0.25, 0.3) is 15.9 Å². The molecule has 2 heterocycles. The predicted molar refractivity (Wildman–Crippen MR) is 102 cm³/mol. The van der Waals surface area contributed by atoms with Crippen LogP contribution in [-0.2, 0) is 6.54 Å². The van der Waals surface area contributed by atoms with Gasteiger partial charge in [-0.2, -0.15) is 0 Å². The van der Waals surface area contributed by atoms with Gasteiger partial charge in [-0.1, -0.05) is 23.7 Å². The van der Waals surface area contributed by atoms with Crippen molar-refractivity contribution in [2.75, 3.05) is 0 Å². The third-order valence-electron chi connectivity index (χ3n) is 4.15. The van der Waals surface area contributed by atoms with E-state index in [9.17, 15) is 18.4 Å². The molecule has 8 heteroatoms. The van der Waals surface area contributed by atoms with Crippen molar-refractivity contribution in [3.63, 3.8) is 0 Å². The maximum atomic E-state index is 13.5. The zero-order chi connectivity index (χ0) is 19.1. The van der Waals surface area contributed by atoms with E-state index < -0.39 is 22.9 Å². The van der Waals surface area contributed by atoms with E-state index in [1.807, 2.05) is 0 Å². The van der Waals surface area contributed by atoms with E-state index in [1.54, 1.807) is 23.6 Å². The topological polar surface area (TPSA) is 44.0 Å². The van der Waals surface area contributed by atoms with Crippen LogP contribution in [0.15, 0.2) is 63.5 Å². The summed E-state index contributed by atoms with van der Waals surface area (Å²) in [5.41, 5.74) is 0.0800. The Morgan fingerprint density at radius 1 is 1.04 bits per heavy atom. The molecule has 0 atom stereocenters. The second-order valence-electron chi connectivity index (χ2n) is 5.87. The highest BCUT2D eigenvalue weighted by Crippen LogP contribution is 2.20. The van der Waals surface area contributed by atoms with Gasteiger partial charge in [0, 0.05) is 0 Å². The summed E-state index contributed by atoms with van der Waals surface area (Å²) in [6.45, 7) is 0.0824. The normalized spacial score (nSPS) is 11.2. The first-order chi connectivity index (χ1) is 13.0. The Hall–Kier alpha value is -2.77. The Morgan fingerprint density at radius 3 is 2.59 bits per heavy atom. The molecule has 0 aliphatic carbocycles. The lowest BCUT2D eigenvalue weighted by atomic mass is 10.2. The highest BCUT2D eigenvalue weighted by Gasteiger charge is 2.17. The Labute approximate surface area is 160 Å². The lowest BCUT2D eigenvalue weighted by molar-refractivity contribution is 0.622. The molecule has 0 saturated carbocycles. The fraction of sp³-hybridized carbons (Fsp3) is 0.0526. The van der Waals surface area contributed by atoms with Crippen LogP contribution in [-0.4, -0.2) is 9.13 Å². The van der Waals surface area contributed by atoms with Gasteiger partial charge in [0.2, 0.25) is 0 Å². The van der Waals surface area contributed by atoms with Crippen LogP contribution in [0.4, 0.5) is 8.78 Å². The molecule has 4 nitrogen and oxygen atoms in total. The Bertz CT molecular complexity index is 1290. The minimum Gasteiger partial charge on any atom is -0.288 e. The molecule has 0 bridgehead atoms. The molecule has 0 amide bonds. The van der Waals surface area contributed by atoms with Gasteiger partial charge in [-0.25, -0.2) is 18.1 Å². The Kier molecular flexibility index (Phi) is 4.41. The van der Waals surface area contributed by atoms with Gasteiger partial charge in [0.15, 0.2) is 0 Å². The Balaban J connectivity index is 1.99. The third kappa shape index (κ3) is 3.09. The summed E-state index contributed by atoms with van der Waals surface area (Å²) in [6.07, 6.45) is 0. The summed E-state index contributed by atoms with van der Waals surface area (Å²) >= 11 is 7.01. The van der Waals surface area contributed by atoms with Gasteiger partial charge >= 0.3 is 5.69 Å². The summed E-state index contributed by atoms with van der Waals surface area (Å²) in [6, 6.07) is 11.2. The van der Waals surface area contributed by atoms with Crippen LogP contribution >= 0.6 is 22.9 Å². The molecule has 0 aliphatic rings. The molecule has 0 aliphatic heterocycles. The second kappa shape index (κ2) is 6.75. The number of hydrogen-bond donors (Lipinski definition) is 0. The highest BCUT2D eigenvalue weighted by molar-refractivity contribution is 7.17. The van der Waals surface area contributed by atoms with E-state index in [4.69, 9.17) is 11.6 Å². The van der Waals surface area contributed by atoms with Crippen molar-refractivity contribution in [1.29, 1.82) is 0 Å². The van der Waals surface area contributed by atoms with Gasteiger partial charge in [-0.15, -0.1) is 11.3 Å². The van der Waals surface area contributed by atoms with E-state index in [0.29, 0.717) is 15.8 Å². The molecule has 0 unspecified atom stereocenters. The zero-order valence-corrected chi connectivity index (χ0v) is 15.2. The first-order valence-electron chi connectivity index (χ1n) is 7.88. The quantitative estimate of drug-likeness (QED) is 0.514.